The molecule has 2 N–H and O–H groups in total. The van der Waals surface area contributed by atoms with Gasteiger partial charge in [0.25, 0.3) is 11.8 Å². The fourth-order valence-corrected chi connectivity index (χ4v) is 2.65. The first kappa shape index (κ1) is 18.1. The molecule has 0 radical (unpaired) electrons. The van der Waals surface area contributed by atoms with Gasteiger partial charge in [-0.15, -0.1) is 0 Å². The van der Waals surface area contributed by atoms with Crippen molar-refractivity contribution in [3.05, 3.63) is 35.6 Å². The number of hydrogen-bond acceptors (Lipinski definition) is 6. The van der Waals surface area contributed by atoms with Gasteiger partial charge in [0.15, 0.2) is 6.61 Å². The number of imide groups is 2. The van der Waals surface area contributed by atoms with Gasteiger partial charge in [-0.05, 0) is 19.4 Å². The molecular formula is C16H16N2O7. The zero-order chi connectivity index (χ0) is 18.7. The molecule has 0 aromatic rings. The summed E-state index contributed by atoms with van der Waals surface area (Å²) in [7, 11) is 0. The van der Waals surface area contributed by atoms with Crippen LogP contribution in [0.3, 0.4) is 0 Å². The van der Waals surface area contributed by atoms with E-state index in [1.807, 2.05) is 0 Å². The number of piperidine rings is 1. The number of aliphatic carboxylic acids is 1. The lowest BCUT2D eigenvalue weighted by molar-refractivity contribution is -0.149. The van der Waals surface area contributed by atoms with Gasteiger partial charge >= 0.3 is 5.97 Å². The molecule has 2 aliphatic heterocycles. The fraction of sp³-hybridized carbons (Fsp3) is 0.312. The van der Waals surface area contributed by atoms with Gasteiger partial charge in [0, 0.05) is 6.42 Å². The first-order valence-corrected chi connectivity index (χ1v) is 7.41. The standard InChI is InChI=1S/C16H16N2O7/c1-3-8-13(10(4-2)25-7-12(20)21)16(24)18(15(8)23)9-5-6-11(19)17-14(9)22/h3-4,9H,2,5-7H2,1H3,(H,20,21)(H,17,19,22)/b8-3+,13-10-. The molecule has 2 aliphatic rings. The molecule has 2 heterocycles. The van der Waals surface area contributed by atoms with E-state index in [4.69, 9.17) is 9.84 Å². The first-order chi connectivity index (χ1) is 11.8. The Morgan fingerprint density at radius 3 is 2.56 bits per heavy atom. The second kappa shape index (κ2) is 7.12. The number of ether oxygens (including phenoxy) is 1. The largest absolute Gasteiger partial charge is 0.481 e. The van der Waals surface area contributed by atoms with Crippen molar-refractivity contribution in [1.82, 2.24) is 10.2 Å². The minimum absolute atomic E-state index is 0.00150. The Morgan fingerprint density at radius 2 is 2.04 bits per heavy atom. The highest BCUT2D eigenvalue weighted by molar-refractivity contribution is 6.26. The first-order valence-electron chi connectivity index (χ1n) is 7.41. The van der Waals surface area contributed by atoms with Gasteiger partial charge in [-0.1, -0.05) is 12.7 Å². The van der Waals surface area contributed by atoms with E-state index in [-0.39, 0.29) is 29.7 Å². The Morgan fingerprint density at radius 1 is 1.36 bits per heavy atom. The summed E-state index contributed by atoms with van der Waals surface area (Å²) in [4.78, 5) is 60.0. The molecule has 0 bridgehead atoms. The van der Waals surface area contributed by atoms with E-state index in [0.717, 1.165) is 11.0 Å². The van der Waals surface area contributed by atoms with Gasteiger partial charge in [0.2, 0.25) is 11.8 Å². The number of amides is 4. The Kier molecular flexibility index (Phi) is 5.16. The van der Waals surface area contributed by atoms with Gasteiger partial charge in [-0.2, -0.15) is 0 Å². The van der Waals surface area contributed by atoms with Crippen molar-refractivity contribution in [2.45, 2.75) is 25.8 Å². The number of likely N-dealkylation sites (tertiary alicyclic amines) is 1. The Bertz CT molecular complexity index is 748. The molecule has 0 aromatic carbocycles. The lowest BCUT2D eigenvalue weighted by Gasteiger charge is -2.27. The molecule has 4 amide bonds. The zero-order valence-corrected chi connectivity index (χ0v) is 13.4. The molecule has 0 aliphatic carbocycles. The van der Waals surface area contributed by atoms with Crippen LogP contribution in [0.4, 0.5) is 0 Å². The third-order valence-electron chi connectivity index (χ3n) is 3.74. The molecule has 9 heteroatoms. The van der Waals surface area contributed by atoms with Crippen LogP contribution >= 0.6 is 0 Å². The average molecular weight is 348 g/mol. The van der Waals surface area contributed by atoms with Crippen LogP contribution in [-0.2, 0) is 28.7 Å². The van der Waals surface area contributed by atoms with Crippen molar-refractivity contribution in [3.63, 3.8) is 0 Å². The fourth-order valence-electron chi connectivity index (χ4n) is 2.65. The number of carboxylic acid groups (broad SMARTS) is 1. The molecule has 2 rings (SSSR count). The monoisotopic (exact) mass is 348 g/mol. The number of nitrogens with zero attached hydrogens (tertiary/aromatic N) is 1. The Balaban J connectivity index is 2.43. The summed E-state index contributed by atoms with van der Waals surface area (Å²) in [6, 6.07) is -1.12. The van der Waals surface area contributed by atoms with E-state index in [2.05, 4.69) is 11.9 Å². The smallest absolute Gasteiger partial charge is 0.341 e. The molecule has 2 fully saturated rings. The van der Waals surface area contributed by atoms with Crippen molar-refractivity contribution in [2.75, 3.05) is 6.61 Å². The maximum Gasteiger partial charge on any atom is 0.341 e. The van der Waals surface area contributed by atoms with E-state index < -0.39 is 42.2 Å². The minimum Gasteiger partial charge on any atom is -0.481 e. The summed E-state index contributed by atoms with van der Waals surface area (Å²) in [5.41, 5.74) is -0.177. The van der Waals surface area contributed by atoms with Crippen molar-refractivity contribution >= 4 is 29.6 Å². The molecule has 0 saturated carbocycles. The van der Waals surface area contributed by atoms with Crippen LogP contribution in [0.1, 0.15) is 19.8 Å². The van der Waals surface area contributed by atoms with Crippen molar-refractivity contribution in [1.29, 1.82) is 0 Å². The molecule has 9 nitrogen and oxygen atoms in total. The second-order valence-corrected chi connectivity index (χ2v) is 5.28. The van der Waals surface area contributed by atoms with Gasteiger partial charge in [0.05, 0.1) is 11.1 Å². The Hall–Kier alpha value is -3.23. The average Bonchev–Trinajstić information content (AvgIpc) is 2.79. The quantitative estimate of drug-likeness (QED) is 0.394. The van der Waals surface area contributed by atoms with Crippen LogP contribution in [0.2, 0.25) is 0 Å². The van der Waals surface area contributed by atoms with Crippen molar-refractivity contribution in [3.8, 4) is 0 Å². The lowest BCUT2D eigenvalue weighted by Crippen LogP contribution is -2.54. The summed E-state index contributed by atoms with van der Waals surface area (Å²) in [5, 5.41) is 10.8. The SMILES string of the molecule is C=C/C(OCC(=O)O)=C1/C(=O)N(C2CCC(=O)NC2=O)C(=O)/C1=C/C. The second-order valence-electron chi connectivity index (χ2n) is 5.28. The van der Waals surface area contributed by atoms with E-state index in [9.17, 15) is 24.0 Å². The summed E-state index contributed by atoms with van der Waals surface area (Å²) < 4.78 is 5.03. The molecule has 0 aromatic heterocycles. The molecule has 2 saturated heterocycles. The molecule has 132 valence electrons. The van der Waals surface area contributed by atoms with Gasteiger partial charge < -0.3 is 9.84 Å². The number of carbonyl (C=O) groups excluding carboxylic acids is 4. The number of nitrogens with one attached hydrogen (secondary N) is 1. The molecule has 1 atom stereocenters. The minimum atomic E-state index is -1.26. The Labute approximate surface area is 142 Å². The van der Waals surface area contributed by atoms with Crippen LogP contribution in [0.25, 0.3) is 0 Å². The molecule has 25 heavy (non-hydrogen) atoms. The number of hydrogen-bond donors (Lipinski definition) is 2. The third-order valence-corrected chi connectivity index (χ3v) is 3.74. The van der Waals surface area contributed by atoms with E-state index in [1.54, 1.807) is 0 Å². The number of allylic oxidation sites excluding steroid dienone is 2. The maximum atomic E-state index is 12.7. The summed E-state index contributed by atoms with van der Waals surface area (Å²) in [6.07, 6.45) is 2.52. The van der Waals surface area contributed by atoms with Gasteiger partial charge in [-0.25, -0.2) is 4.79 Å². The van der Waals surface area contributed by atoms with Crippen LogP contribution in [0.5, 0.6) is 0 Å². The van der Waals surface area contributed by atoms with Crippen LogP contribution in [0, 0.1) is 0 Å². The van der Waals surface area contributed by atoms with Crippen molar-refractivity contribution in [2.24, 2.45) is 0 Å². The predicted molar refractivity (Wildman–Crippen MR) is 82.6 cm³/mol. The topological polar surface area (TPSA) is 130 Å². The van der Waals surface area contributed by atoms with Crippen LogP contribution < -0.4 is 5.32 Å². The summed E-state index contributed by atoms with van der Waals surface area (Å²) in [5.74, 6) is -4.15. The van der Waals surface area contributed by atoms with Crippen LogP contribution in [0.15, 0.2) is 35.6 Å². The number of carbonyl (C=O) groups is 5. The summed E-state index contributed by atoms with van der Waals surface area (Å²) >= 11 is 0. The van der Waals surface area contributed by atoms with Crippen molar-refractivity contribution < 1.29 is 33.8 Å². The van der Waals surface area contributed by atoms with E-state index >= 15 is 0 Å². The normalized spacial score (nSPS) is 24.4. The highest BCUT2D eigenvalue weighted by Crippen LogP contribution is 2.32. The summed E-state index contributed by atoms with van der Waals surface area (Å²) in [6.45, 7) is 4.26. The number of carboxylic acids is 1. The molecule has 1 unspecified atom stereocenters. The van der Waals surface area contributed by atoms with Gasteiger partial charge in [-0.3, -0.25) is 29.4 Å². The highest BCUT2D eigenvalue weighted by atomic mass is 16.5. The predicted octanol–water partition coefficient (Wildman–Crippen LogP) is -0.352. The highest BCUT2D eigenvalue weighted by Gasteiger charge is 2.47. The van der Waals surface area contributed by atoms with Gasteiger partial charge in [0.1, 0.15) is 11.8 Å². The third kappa shape index (κ3) is 3.35. The maximum absolute atomic E-state index is 12.7. The molecule has 0 spiro atoms. The van der Waals surface area contributed by atoms with E-state index in [1.165, 1.54) is 13.0 Å². The lowest BCUT2D eigenvalue weighted by atomic mass is 10.0. The van der Waals surface area contributed by atoms with Crippen LogP contribution in [-0.4, -0.2) is 52.3 Å². The van der Waals surface area contributed by atoms with E-state index in [0.29, 0.717) is 0 Å². The number of rotatable bonds is 5. The molecular weight excluding hydrogens is 332 g/mol. The zero-order valence-electron chi connectivity index (χ0n) is 13.4.